The van der Waals surface area contributed by atoms with Crippen molar-refractivity contribution in [1.29, 1.82) is 0 Å². The number of aromatic nitrogens is 1. The van der Waals surface area contributed by atoms with E-state index in [0.717, 1.165) is 30.2 Å². The van der Waals surface area contributed by atoms with Crippen molar-refractivity contribution in [3.8, 4) is 0 Å². The van der Waals surface area contributed by atoms with E-state index in [1.54, 1.807) is 24.4 Å². The number of aromatic amines is 1. The predicted octanol–water partition coefficient (Wildman–Crippen LogP) is 1.97. The zero-order valence-corrected chi connectivity index (χ0v) is 14.7. The number of carbonyl (C=O) groups excluding carboxylic acids is 3. The van der Waals surface area contributed by atoms with E-state index in [-0.39, 0.29) is 13.0 Å². The Hall–Kier alpha value is -2.87. The molecule has 1 heterocycles. The van der Waals surface area contributed by atoms with Crippen molar-refractivity contribution in [3.05, 3.63) is 36.0 Å². The maximum absolute atomic E-state index is 12.3. The molecule has 0 unspecified atom stereocenters. The van der Waals surface area contributed by atoms with Gasteiger partial charge in [0, 0.05) is 22.7 Å². The zero-order valence-electron chi connectivity index (χ0n) is 14.7. The van der Waals surface area contributed by atoms with Gasteiger partial charge in [-0.2, -0.15) is 0 Å². The van der Waals surface area contributed by atoms with Gasteiger partial charge in [-0.15, -0.1) is 0 Å². The Morgan fingerprint density at radius 1 is 1.27 bits per heavy atom. The van der Waals surface area contributed by atoms with Gasteiger partial charge in [0.2, 0.25) is 12.3 Å². The van der Waals surface area contributed by atoms with Crippen LogP contribution in [0.1, 0.15) is 43.0 Å². The van der Waals surface area contributed by atoms with Crippen molar-refractivity contribution in [2.75, 3.05) is 6.54 Å². The van der Waals surface area contributed by atoms with Crippen molar-refractivity contribution in [2.24, 2.45) is 5.92 Å². The SMILES string of the molecule is CCCCC[C@H](CN(O)C=O)C(=O)NNC(=O)c1ccc2[nH]ccc2c1. The molecule has 0 bridgehead atoms. The van der Waals surface area contributed by atoms with Gasteiger partial charge in [0.1, 0.15) is 0 Å². The van der Waals surface area contributed by atoms with Crippen LogP contribution >= 0.6 is 0 Å². The number of hydroxylamine groups is 2. The summed E-state index contributed by atoms with van der Waals surface area (Å²) in [5.74, 6) is -1.49. The Kier molecular flexibility index (Phi) is 7.16. The molecular formula is C18H24N4O4. The molecule has 0 aliphatic rings. The summed E-state index contributed by atoms with van der Waals surface area (Å²) in [5, 5.41) is 10.7. The number of nitrogens with zero attached hydrogens (tertiary/aromatic N) is 1. The Morgan fingerprint density at radius 2 is 2.08 bits per heavy atom. The number of amides is 3. The maximum atomic E-state index is 12.3. The van der Waals surface area contributed by atoms with Crippen LogP contribution in [0.3, 0.4) is 0 Å². The Labute approximate surface area is 151 Å². The minimum atomic E-state index is -0.607. The summed E-state index contributed by atoms with van der Waals surface area (Å²) in [4.78, 5) is 38.2. The smallest absolute Gasteiger partial charge is 0.269 e. The molecule has 1 atom stereocenters. The number of nitrogens with one attached hydrogen (secondary N) is 3. The predicted molar refractivity (Wildman–Crippen MR) is 96.1 cm³/mol. The van der Waals surface area contributed by atoms with Crippen LogP contribution in [0.5, 0.6) is 0 Å². The standard InChI is InChI=1S/C18H24N4O4/c1-2-3-4-5-15(11-22(26)12-23)18(25)21-20-17(24)14-6-7-16-13(10-14)8-9-19-16/h6-10,12,15,19,26H,2-5,11H2,1H3,(H,20,24)(H,21,25)/t15-/m1/s1. The fraction of sp³-hybridized carbons (Fsp3) is 0.389. The van der Waals surface area contributed by atoms with Crippen molar-refractivity contribution in [2.45, 2.75) is 32.6 Å². The van der Waals surface area contributed by atoms with Gasteiger partial charge >= 0.3 is 0 Å². The Bertz CT molecular complexity index is 758. The van der Waals surface area contributed by atoms with Crippen LogP contribution in [0.2, 0.25) is 0 Å². The van der Waals surface area contributed by atoms with Crippen LogP contribution in [-0.4, -0.2) is 40.0 Å². The third kappa shape index (κ3) is 5.32. The van der Waals surface area contributed by atoms with E-state index in [2.05, 4.69) is 15.8 Å². The molecule has 8 nitrogen and oxygen atoms in total. The molecule has 0 aliphatic carbocycles. The highest BCUT2D eigenvalue weighted by Gasteiger charge is 2.21. The van der Waals surface area contributed by atoms with Crippen LogP contribution in [0, 0.1) is 5.92 Å². The Balaban J connectivity index is 1.93. The second-order valence-electron chi connectivity index (χ2n) is 6.14. The van der Waals surface area contributed by atoms with Gasteiger partial charge in [-0.3, -0.25) is 30.4 Å². The summed E-state index contributed by atoms with van der Waals surface area (Å²) in [6.07, 6.45) is 5.27. The van der Waals surface area contributed by atoms with E-state index in [1.165, 1.54) is 0 Å². The minimum Gasteiger partial charge on any atom is -0.361 e. The molecule has 1 aromatic heterocycles. The monoisotopic (exact) mass is 360 g/mol. The van der Waals surface area contributed by atoms with Gasteiger partial charge in [0.15, 0.2) is 0 Å². The molecule has 0 saturated heterocycles. The number of hydrogen-bond acceptors (Lipinski definition) is 4. The van der Waals surface area contributed by atoms with Crippen molar-refractivity contribution in [1.82, 2.24) is 20.9 Å². The first-order valence-electron chi connectivity index (χ1n) is 8.63. The number of unbranched alkanes of at least 4 members (excludes halogenated alkanes) is 2. The highest BCUT2D eigenvalue weighted by molar-refractivity contribution is 5.98. The lowest BCUT2D eigenvalue weighted by Crippen LogP contribution is -2.46. The molecule has 0 radical (unpaired) electrons. The zero-order chi connectivity index (χ0) is 18.9. The third-order valence-corrected chi connectivity index (χ3v) is 4.17. The molecule has 2 rings (SSSR count). The van der Waals surface area contributed by atoms with Crippen LogP contribution in [0.25, 0.3) is 10.9 Å². The number of hydrazine groups is 1. The average Bonchev–Trinajstić information content (AvgIpc) is 3.12. The van der Waals surface area contributed by atoms with Crippen molar-refractivity contribution < 1.29 is 19.6 Å². The van der Waals surface area contributed by atoms with Crippen LogP contribution in [0.4, 0.5) is 0 Å². The van der Waals surface area contributed by atoms with Gasteiger partial charge in [-0.05, 0) is 30.7 Å². The minimum absolute atomic E-state index is 0.121. The topological polar surface area (TPSA) is 115 Å². The van der Waals surface area contributed by atoms with Gasteiger partial charge in [0.25, 0.3) is 5.91 Å². The second kappa shape index (κ2) is 9.57. The maximum Gasteiger partial charge on any atom is 0.269 e. The molecule has 1 aromatic carbocycles. The summed E-state index contributed by atoms with van der Waals surface area (Å²) >= 11 is 0. The van der Waals surface area contributed by atoms with Crippen LogP contribution < -0.4 is 10.9 Å². The quantitative estimate of drug-likeness (QED) is 0.237. The number of fused-ring (bicyclic) bond motifs is 1. The van der Waals surface area contributed by atoms with Gasteiger partial charge < -0.3 is 4.98 Å². The molecule has 26 heavy (non-hydrogen) atoms. The third-order valence-electron chi connectivity index (χ3n) is 4.17. The molecule has 0 aliphatic heterocycles. The normalized spacial score (nSPS) is 11.8. The summed E-state index contributed by atoms with van der Waals surface area (Å²) in [6, 6.07) is 7.01. The first-order valence-corrected chi connectivity index (χ1v) is 8.63. The lowest BCUT2D eigenvalue weighted by molar-refractivity contribution is -0.154. The molecule has 2 aromatic rings. The lowest BCUT2D eigenvalue weighted by Gasteiger charge is -2.19. The van der Waals surface area contributed by atoms with E-state index in [1.807, 2.05) is 13.0 Å². The van der Waals surface area contributed by atoms with E-state index in [4.69, 9.17) is 0 Å². The molecule has 3 amide bonds. The first kappa shape index (κ1) is 19.5. The largest absolute Gasteiger partial charge is 0.361 e. The summed E-state index contributed by atoms with van der Waals surface area (Å²) in [7, 11) is 0. The lowest BCUT2D eigenvalue weighted by atomic mass is 10.0. The van der Waals surface area contributed by atoms with Crippen molar-refractivity contribution >= 4 is 29.1 Å². The second-order valence-corrected chi connectivity index (χ2v) is 6.14. The fourth-order valence-electron chi connectivity index (χ4n) is 2.70. The summed E-state index contributed by atoms with van der Waals surface area (Å²) in [5.41, 5.74) is 6.09. The fourth-order valence-corrected chi connectivity index (χ4v) is 2.70. The van der Waals surface area contributed by atoms with E-state index < -0.39 is 17.7 Å². The van der Waals surface area contributed by atoms with Gasteiger partial charge in [-0.25, -0.2) is 5.06 Å². The Morgan fingerprint density at radius 3 is 2.81 bits per heavy atom. The number of hydrogen-bond donors (Lipinski definition) is 4. The molecule has 0 fully saturated rings. The van der Waals surface area contributed by atoms with E-state index in [9.17, 15) is 19.6 Å². The highest BCUT2D eigenvalue weighted by Crippen LogP contribution is 2.14. The molecule has 140 valence electrons. The number of carbonyl (C=O) groups is 3. The molecule has 0 spiro atoms. The summed E-state index contributed by atoms with van der Waals surface area (Å²) < 4.78 is 0. The molecule has 4 N–H and O–H groups in total. The highest BCUT2D eigenvalue weighted by atomic mass is 16.5. The van der Waals surface area contributed by atoms with E-state index in [0.29, 0.717) is 17.0 Å². The first-order chi connectivity index (χ1) is 12.5. The number of H-pyrrole nitrogens is 1. The molecular weight excluding hydrogens is 336 g/mol. The van der Waals surface area contributed by atoms with Crippen molar-refractivity contribution in [3.63, 3.8) is 0 Å². The van der Waals surface area contributed by atoms with E-state index >= 15 is 0 Å². The number of benzene rings is 1. The average molecular weight is 360 g/mol. The molecule has 0 saturated carbocycles. The van der Waals surface area contributed by atoms with Crippen LogP contribution in [-0.2, 0) is 9.59 Å². The van der Waals surface area contributed by atoms with Crippen LogP contribution in [0.15, 0.2) is 30.5 Å². The molecule has 8 heteroatoms. The van der Waals surface area contributed by atoms with Gasteiger partial charge in [-0.1, -0.05) is 26.2 Å². The number of rotatable bonds is 9. The summed E-state index contributed by atoms with van der Waals surface area (Å²) in [6.45, 7) is 1.92. The van der Waals surface area contributed by atoms with Gasteiger partial charge in [0.05, 0.1) is 12.5 Å².